The molecule has 0 fully saturated rings. The molecule has 0 aromatic heterocycles. The highest BCUT2D eigenvalue weighted by atomic mass is 28.4. The van der Waals surface area contributed by atoms with Gasteiger partial charge >= 0.3 is 0 Å². The maximum absolute atomic E-state index is 6.30. The molecule has 0 spiro atoms. The Hall–Kier alpha value is 0.314. The summed E-state index contributed by atoms with van der Waals surface area (Å²) in [4.78, 5) is 7.12. The Bertz CT molecular complexity index is 174. The Morgan fingerprint density at radius 2 is 1.00 bits per heavy atom. The van der Waals surface area contributed by atoms with Crippen molar-refractivity contribution in [1.82, 2.24) is 9.96 Å². The molecule has 15 heavy (non-hydrogen) atoms. The second kappa shape index (κ2) is 5.59. The lowest BCUT2D eigenvalue weighted by molar-refractivity contribution is 0.477. The number of hydrogen-bond acceptors (Lipinski definition) is 3. The minimum Gasteiger partial charge on any atom is -0.433 e. The number of nitrogens with one attached hydrogen (secondary N) is 2. The summed E-state index contributed by atoms with van der Waals surface area (Å²) in [6.45, 7) is 17.6. The molecule has 0 aromatic rings. The lowest BCUT2D eigenvalue weighted by Gasteiger charge is -2.36. The van der Waals surface area contributed by atoms with Crippen molar-refractivity contribution in [3.8, 4) is 0 Å². The third kappa shape index (κ3) is 8.16. The molecule has 0 saturated carbocycles. The van der Waals surface area contributed by atoms with E-state index in [1.54, 1.807) is 0 Å². The molecule has 0 aromatic carbocycles. The molecule has 5 heteroatoms. The van der Waals surface area contributed by atoms with E-state index >= 15 is 0 Å². The summed E-state index contributed by atoms with van der Waals surface area (Å²) in [5, 5.41) is 0. The van der Waals surface area contributed by atoms with Gasteiger partial charge in [-0.1, -0.05) is 27.7 Å². The Morgan fingerprint density at radius 3 is 1.20 bits per heavy atom. The maximum Gasteiger partial charge on any atom is 0.252 e. The van der Waals surface area contributed by atoms with Gasteiger partial charge in [0.2, 0.25) is 0 Å². The third-order valence-corrected chi connectivity index (χ3v) is 8.41. The second-order valence-electron chi connectivity index (χ2n) is 5.72. The van der Waals surface area contributed by atoms with Gasteiger partial charge in [0, 0.05) is 0 Å². The summed E-state index contributed by atoms with van der Waals surface area (Å²) < 4.78 is 6.30. The predicted molar refractivity (Wildman–Crippen MR) is 72.6 cm³/mol. The van der Waals surface area contributed by atoms with Gasteiger partial charge in [0.05, 0.1) is 0 Å². The van der Waals surface area contributed by atoms with Gasteiger partial charge < -0.3 is 14.1 Å². The van der Waals surface area contributed by atoms with Crippen LogP contribution in [0.4, 0.5) is 0 Å². The molecule has 0 aliphatic heterocycles. The maximum atomic E-state index is 6.30. The minimum atomic E-state index is -1.72. The van der Waals surface area contributed by atoms with Crippen molar-refractivity contribution in [1.29, 1.82) is 0 Å². The van der Waals surface area contributed by atoms with Crippen LogP contribution in [0, 0.1) is 0 Å². The van der Waals surface area contributed by atoms with E-state index in [0.29, 0.717) is 12.1 Å². The van der Waals surface area contributed by atoms with E-state index in [0.717, 1.165) is 0 Å². The lowest BCUT2D eigenvalue weighted by Crippen LogP contribution is -2.62. The topological polar surface area (TPSA) is 33.3 Å². The zero-order chi connectivity index (χ0) is 12.3. The Morgan fingerprint density at radius 1 is 0.733 bits per heavy atom. The average Bonchev–Trinajstić information content (AvgIpc) is 1.73. The van der Waals surface area contributed by atoms with E-state index in [2.05, 4.69) is 63.8 Å². The molecule has 0 atom stereocenters. The van der Waals surface area contributed by atoms with Gasteiger partial charge in [-0.05, 0) is 38.3 Å². The number of rotatable bonds is 6. The molecule has 0 aliphatic carbocycles. The SMILES string of the molecule is CC(C)N[Si](C)(C)O[Si](C)(C)NC(C)C. The van der Waals surface area contributed by atoms with Gasteiger partial charge in [0.25, 0.3) is 17.0 Å². The Labute approximate surface area is 97.4 Å². The highest BCUT2D eigenvalue weighted by molar-refractivity contribution is 6.82. The molecule has 0 saturated heterocycles. The first-order valence-corrected chi connectivity index (χ1v) is 11.6. The number of hydrogen-bond donors (Lipinski definition) is 2. The fraction of sp³-hybridized carbons (Fsp3) is 1.00. The molecule has 0 bridgehead atoms. The van der Waals surface area contributed by atoms with Crippen LogP contribution in [-0.4, -0.2) is 29.0 Å². The molecular weight excluding hydrogens is 220 g/mol. The van der Waals surface area contributed by atoms with E-state index in [1.807, 2.05) is 0 Å². The van der Waals surface area contributed by atoms with Gasteiger partial charge in [0.15, 0.2) is 0 Å². The quantitative estimate of drug-likeness (QED) is 0.708. The average molecular weight is 249 g/mol. The molecule has 0 radical (unpaired) electrons. The third-order valence-electron chi connectivity index (χ3n) is 1.78. The van der Waals surface area contributed by atoms with Crippen LogP contribution < -0.4 is 9.96 Å². The molecule has 92 valence electrons. The van der Waals surface area contributed by atoms with Crippen LogP contribution in [0.2, 0.25) is 26.2 Å². The minimum absolute atomic E-state index is 0.496. The summed E-state index contributed by atoms with van der Waals surface area (Å²) in [5.41, 5.74) is 0. The van der Waals surface area contributed by atoms with E-state index < -0.39 is 17.0 Å². The Kier molecular flexibility index (Phi) is 5.70. The summed E-state index contributed by atoms with van der Waals surface area (Å²) in [7, 11) is -3.44. The molecular formula is C10H28N2OSi2. The first-order chi connectivity index (χ1) is 6.54. The van der Waals surface area contributed by atoms with Crippen molar-refractivity contribution in [2.45, 2.75) is 66.0 Å². The largest absolute Gasteiger partial charge is 0.433 e. The van der Waals surface area contributed by atoms with Crippen LogP contribution in [0.3, 0.4) is 0 Å². The van der Waals surface area contributed by atoms with Crippen LogP contribution >= 0.6 is 0 Å². The first kappa shape index (κ1) is 15.3. The summed E-state index contributed by atoms with van der Waals surface area (Å²) in [6, 6.07) is 0.992. The molecule has 0 heterocycles. The van der Waals surface area contributed by atoms with Crippen molar-refractivity contribution in [2.75, 3.05) is 0 Å². The molecule has 0 unspecified atom stereocenters. The van der Waals surface area contributed by atoms with Gasteiger partial charge in [0.1, 0.15) is 0 Å². The molecule has 2 N–H and O–H groups in total. The lowest BCUT2D eigenvalue weighted by atomic mass is 10.4. The van der Waals surface area contributed by atoms with Gasteiger partial charge in [-0.2, -0.15) is 0 Å². The standard InChI is InChI=1S/C10H28N2OSi2/c1-9(2)11-14(5,6)13-15(7,8)12-10(3)4/h9-12H,1-8H3. The highest BCUT2D eigenvalue weighted by Crippen LogP contribution is 2.11. The molecule has 3 nitrogen and oxygen atoms in total. The van der Waals surface area contributed by atoms with Crippen LogP contribution in [0.25, 0.3) is 0 Å². The highest BCUT2D eigenvalue weighted by Gasteiger charge is 2.34. The van der Waals surface area contributed by atoms with Gasteiger partial charge in [-0.25, -0.2) is 0 Å². The van der Waals surface area contributed by atoms with Crippen LogP contribution in [0.15, 0.2) is 0 Å². The van der Waals surface area contributed by atoms with Crippen molar-refractivity contribution in [2.24, 2.45) is 0 Å². The molecule has 0 rings (SSSR count). The van der Waals surface area contributed by atoms with E-state index in [1.165, 1.54) is 0 Å². The normalized spacial score (nSPS) is 14.0. The van der Waals surface area contributed by atoms with Crippen molar-refractivity contribution in [3.05, 3.63) is 0 Å². The Balaban J connectivity index is 4.29. The fourth-order valence-corrected chi connectivity index (χ4v) is 10.4. The van der Waals surface area contributed by atoms with Gasteiger partial charge in [-0.3, -0.25) is 0 Å². The zero-order valence-corrected chi connectivity index (χ0v) is 13.6. The van der Waals surface area contributed by atoms with Crippen LogP contribution in [0.5, 0.6) is 0 Å². The van der Waals surface area contributed by atoms with Crippen molar-refractivity contribution >= 4 is 17.0 Å². The van der Waals surface area contributed by atoms with Crippen LogP contribution in [-0.2, 0) is 4.12 Å². The zero-order valence-electron chi connectivity index (χ0n) is 11.6. The monoisotopic (exact) mass is 248 g/mol. The summed E-state index contributed by atoms with van der Waals surface area (Å²) in [6.07, 6.45) is 0. The smallest absolute Gasteiger partial charge is 0.252 e. The second-order valence-corrected chi connectivity index (χ2v) is 13.2. The molecule has 0 amide bonds. The van der Waals surface area contributed by atoms with Crippen molar-refractivity contribution < 1.29 is 4.12 Å². The first-order valence-electron chi connectivity index (χ1n) is 5.79. The van der Waals surface area contributed by atoms with E-state index in [-0.39, 0.29) is 0 Å². The molecule has 0 aliphatic rings. The predicted octanol–water partition coefficient (Wildman–Crippen LogP) is 2.40. The summed E-state index contributed by atoms with van der Waals surface area (Å²) >= 11 is 0. The van der Waals surface area contributed by atoms with Crippen molar-refractivity contribution in [3.63, 3.8) is 0 Å². The fourth-order valence-electron chi connectivity index (χ4n) is 2.09. The van der Waals surface area contributed by atoms with Gasteiger partial charge in [-0.15, -0.1) is 0 Å². The van der Waals surface area contributed by atoms with E-state index in [9.17, 15) is 0 Å². The van der Waals surface area contributed by atoms with E-state index in [4.69, 9.17) is 4.12 Å². The summed E-state index contributed by atoms with van der Waals surface area (Å²) in [5.74, 6) is 0. The van der Waals surface area contributed by atoms with Crippen LogP contribution in [0.1, 0.15) is 27.7 Å².